The lowest BCUT2D eigenvalue weighted by molar-refractivity contribution is 0.0999. The SMILES string of the molecule is CCOC(=O)N1CC[C@@H](/C=N/NC(=O)SC)C1.Cc1cc(COc2ccc(C(N)=O)cc2)c2ccccc2n1. The zero-order chi connectivity index (χ0) is 28.2. The Kier molecular flexibility index (Phi) is 11.1. The summed E-state index contributed by atoms with van der Waals surface area (Å²) in [4.78, 5) is 39.5. The Morgan fingerprint density at radius 2 is 1.95 bits per heavy atom. The largest absolute Gasteiger partial charge is 0.489 e. The molecule has 1 atom stereocenters. The number of aryl methyl sites for hydroxylation is 1. The molecule has 0 unspecified atom stereocenters. The van der Waals surface area contributed by atoms with E-state index in [0.29, 0.717) is 37.6 Å². The van der Waals surface area contributed by atoms with Gasteiger partial charge in [0.05, 0.1) is 12.1 Å². The molecule has 3 aromatic rings. The fourth-order valence-electron chi connectivity index (χ4n) is 3.92. The van der Waals surface area contributed by atoms with E-state index in [1.165, 1.54) is 0 Å². The maximum atomic E-state index is 11.4. The lowest BCUT2D eigenvalue weighted by Gasteiger charge is -2.14. The number of fused-ring (bicyclic) bond motifs is 1. The van der Waals surface area contributed by atoms with Crippen LogP contribution in [0.2, 0.25) is 0 Å². The number of pyridine rings is 1. The van der Waals surface area contributed by atoms with Crippen LogP contribution >= 0.6 is 11.8 Å². The van der Waals surface area contributed by atoms with Gasteiger partial charge in [0.25, 0.3) is 5.24 Å². The van der Waals surface area contributed by atoms with Crippen LogP contribution in [0.5, 0.6) is 5.75 Å². The van der Waals surface area contributed by atoms with Crippen molar-refractivity contribution >= 4 is 46.1 Å². The number of hydrogen-bond donors (Lipinski definition) is 2. The zero-order valence-electron chi connectivity index (χ0n) is 22.3. The Balaban J connectivity index is 0.000000224. The van der Waals surface area contributed by atoms with E-state index in [-0.39, 0.29) is 17.3 Å². The molecule has 0 spiro atoms. The van der Waals surface area contributed by atoms with Gasteiger partial charge in [-0.15, -0.1) is 0 Å². The number of nitrogens with two attached hydrogens (primary N) is 1. The van der Waals surface area contributed by atoms with E-state index in [0.717, 1.165) is 40.3 Å². The number of thioether (sulfide) groups is 1. The summed E-state index contributed by atoms with van der Waals surface area (Å²) in [7, 11) is 0. The van der Waals surface area contributed by atoms with Gasteiger partial charge in [0.2, 0.25) is 5.91 Å². The van der Waals surface area contributed by atoms with Crippen molar-refractivity contribution in [2.24, 2.45) is 16.8 Å². The second-order valence-corrected chi connectivity index (χ2v) is 9.47. The average molecular weight is 552 g/mol. The minimum absolute atomic E-state index is 0.182. The van der Waals surface area contributed by atoms with Crippen LogP contribution in [0.25, 0.3) is 10.9 Å². The maximum absolute atomic E-state index is 11.4. The molecule has 11 heteroatoms. The van der Waals surface area contributed by atoms with Gasteiger partial charge in [-0.25, -0.2) is 10.2 Å². The number of para-hydroxylation sites is 1. The lowest BCUT2D eigenvalue weighted by Crippen LogP contribution is -2.29. The van der Waals surface area contributed by atoms with Gasteiger partial charge in [0, 0.05) is 47.4 Å². The summed E-state index contributed by atoms with van der Waals surface area (Å²) >= 11 is 1.07. The lowest BCUT2D eigenvalue weighted by atomic mass is 10.1. The third-order valence-electron chi connectivity index (χ3n) is 5.84. The molecule has 0 aliphatic carbocycles. The highest BCUT2D eigenvalue weighted by Gasteiger charge is 2.25. The van der Waals surface area contributed by atoms with Gasteiger partial charge in [0.15, 0.2) is 0 Å². The standard InChI is InChI=1S/C18H16N2O2.C10H17N3O3S/c1-12-10-14(16-4-2-3-5-17(16)20-12)11-22-15-8-6-13(7-9-15)18(19)21;1-3-16-10(15)13-5-4-8(7-13)6-11-12-9(14)17-2/h2-10H,11H2,1H3,(H2,19,21);6,8H,3-5,7H2,1-2H3,(H,12,14)/b;11-6+/t;8-/m.0/s1. The average Bonchev–Trinajstić information content (AvgIpc) is 3.41. The van der Waals surface area contributed by atoms with Crippen LogP contribution in [-0.4, -0.2) is 59.3 Å². The van der Waals surface area contributed by atoms with Gasteiger partial charge in [-0.2, -0.15) is 5.10 Å². The quantitative estimate of drug-likeness (QED) is 0.320. The molecule has 206 valence electrons. The summed E-state index contributed by atoms with van der Waals surface area (Å²) in [5.41, 5.74) is 11.1. The Morgan fingerprint density at radius 1 is 1.21 bits per heavy atom. The van der Waals surface area contributed by atoms with Crippen molar-refractivity contribution in [1.29, 1.82) is 0 Å². The molecular formula is C28H33N5O5S. The molecule has 4 rings (SSSR count). The molecule has 2 aromatic carbocycles. The van der Waals surface area contributed by atoms with Crippen molar-refractivity contribution in [3.05, 3.63) is 71.4 Å². The fraction of sp³-hybridized carbons (Fsp3) is 0.321. The second kappa shape index (κ2) is 14.7. The number of nitrogens with zero attached hydrogens (tertiary/aromatic N) is 3. The minimum atomic E-state index is -0.442. The number of hydrogen-bond acceptors (Lipinski definition) is 8. The Hall–Kier alpha value is -4.12. The first-order valence-corrected chi connectivity index (χ1v) is 13.7. The number of hydrazone groups is 1. The summed E-state index contributed by atoms with van der Waals surface area (Å²) in [5, 5.41) is 4.73. The van der Waals surface area contributed by atoms with Gasteiger partial charge < -0.3 is 20.1 Å². The smallest absolute Gasteiger partial charge is 0.409 e. The summed E-state index contributed by atoms with van der Waals surface area (Å²) < 4.78 is 10.7. The number of carbonyl (C=O) groups excluding carboxylic acids is 3. The number of aromatic nitrogens is 1. The van der Waals surface area contributed by atoms with Gasteiger partial charge in [0.1, 0.15) is 12.4 Å². The van der Waals surface area contributed by atoms with Crippen molar-refractivity contribution in [2.75, 3.05) is 26.0 Å². The highest BCUT2D eigenvalue weighted by atomic mass is 32.2. The van der Waals surface area contributed by atoms with Gasteiger partial charge in [-0.3, -0.25) is 14.6 Å². The van der Waals surface area contributed by atoms with Gasteiger partial charge in [-0.05, 0) is 62.9 Å². The maximum Gasteiger partial charge on any atom is 0.409 e. The van der Waals surface area contributed by atoms with E-state index in [1.807, 2.05) is 37.3 Å². The van der Waals surface area contributed by atoms with Crippen molar-refractivity contribution in [3.8, 4) is 5.75 Å². The molecule has 10 nitrogen and oxygen atoms in total. The fourth-order valence-corrected chi connectivity index (χ4v) is 4.07. The molecule has 0 saturated carbocycles. The van der Waals surface area contributed by atoms with E-state index in [1.54, 1.807) is 48.6 Å². The van der Waals surface area contributed by atoms with Crippen LogP contribution < -0.4 is 15.9 Å². The zero-order valence-corrected chi connectivity index (χ0v) is 23.1. The number of carbonyl (C=O) groups is 3. The Labute approximate surface area is 231 Å². The normalized spacial score (nSPS) is 14.5. The highest BCUT2D eigenvalue weighted by molar-refractivity contribution is 8.12. The number of primary amides is 1. The predicted molar refractivity (Wildman–Crippen MR) is 153 cm³/mol. The summed E-state index contributed by atoms with van der Waals surface area (Å²) in [5.74, 6) is 0.437. The summed E-state index contributed by atoms with van der Waals surface area (Å²) in [6.07, 6.45) is 3.92. The predicted octanol–water partition coefficient (Wildman–Crippen LogP) is 4.74. The van der Waals surface area contributed by atoms with Crippen molar-refractivity contribution < 1.29 is 23.9 Å². The third-order valence-corrected chi connectivity index (χ3v) is 6.30. The number of benzene rings is 2. The van der Waals surface area contributed by atoms with Crippen LogP contribution in [0.3, 0.4) is 0 Å². The van der Waals surface area contributed by atoms with Gasteiger partial charge >= 0.3 is 6.09 Å². The molecule has 1 aliphatic heterocycles. The number of likely N-dealkylation sites (tertiary alicyclic amines) is 1. The monoisotopic (exact) mass is 551 g/mol. The number of rotatable bonds is 7. The molecule has 39 heavy (non-hydrogen) atoms. The van der Waals surface area contributed by atoms with E-state index in [9.17, 15) is 14.4 Å². The molecule has 3 N–H and O–H groups in total. The molecule has 0 bridgehead atoms. The first-order valence-electron chi connectivity index (χ1n) is 12.5. The Morgan fingerprint density at radius 3 is 2.64 bits per heavy atom. The van der Waals surface area contributed by atoms with Crippen molar-refractivity contribution in [2.45, 2.75) is 26.9 Å². The van der Waals surface area contributed by atoms with Crippen LogP contribution in [0.1, 0.15) is 35.0 Å². The van der Waals surface area contributed by atoms with Gasteiger partial charge in [-0.1, -0.05) is 30.0 Å². The molecule has 1 aromatic heterocycles. The van der Waals surface area contributed by atoms with E-state index < -0.39 is 5.91 Å². The molecule has 1 aliphatic rings. The van der Waals surface area contributed by atoms with Crippen LogP contribution in [0.15, 0.2) is 59.7 Å². The molecule has 3 amide bonds. The third kappa shape index (κ3) is 8.99. The molecular weight excluding hydrogens is 518 g/mol. The number of amides is 3. The highest BCUT2D eigenvalue weighted by Crippen LogP contribution is 2.21. The molecule has 0 radical (unpaired) electrons. The summed E-state index contributed by atoms with van der Waals surface area (Å²) in [6.45, 7) is 5.85. The summed E-state index contributed by atoms with van der Waals surface area (Å²) in [6, 6.07) is 16.8. The second-order valence-electron chi connectivity index (χ2n) is 8.69. The molecule has 1 fully saturated rings. The van der Waals surface area contributed by atoms with Crippen LogP contribution in [0.4, 0.5) is 9.59 Å². The first-order chi connectivity index (χ1) is 18.8. The van der Waals surface area contributed by atoms with E-state index in [4.69, 9.17) is 15.2 Å². The topological polar surface area (TPSA) is 136 Å². The number of nitrogens with one attached hydrogen (secondary N) is 1. The van der Waals surface area contributed by atoms with E-state index >= 15 is 0 Å². The van der Waals surface area contributed by atoms with Crippen molar-refractivity contribution in [1.82, 2.24) is 15.3 Å². The Bertz CT molecular complexity index is 1320. The molecule has 2 heterocycles. The van der Waals surface area contributed by atoms with E-state index in [2.05, 4.69) is 15.5 Å². The number of ether oxygens (including phenoxy) is 2. The first kappa shape index (κ1) is 29.4. The minimum Gasteiger partial charge on any atom is -0.489 e. The molecule has 1 saturated heterocycles. The van der Waals surface area contributed by atoms with Crippen LogP contribution in [0, 0.1) is 12.8 Å². The van der Waals surface area contributed by atoms with Crippen LogP contribution in [-0.2, 0) is 11.3 Å². The van der Waals surface area contributed by atoms with Crippen molar-refractivity contribution in [3.63, 3.8) is 0 Å².